The van der Waals surface area contributed by atoms with E-state index in [2.05, 4.69) is 30.5 Å². The lowest BCUT2D eigenvalue weighted by atomic mass is 10.0. The van der Waals surface area contributed by atoms with Crippen molar-refractivity contribution in [1.29, 1.82) is 0 Å². The topological polar surface area (TPSA) is 116 Å². The van der Waals surface area contributed by atoms with Gasteiger partial charge in [0.05, 0.1) is 0 Å². The van der Waals surface area contributed by atoms with E-state index in [4.69, 9.17) is 0 Å². The second-order valence-electron chi connectivity index (χ2n) is 7.00. The molecule has 0 spiro atoms. The highest BCUT2D eigenvalue weighted by molar-refractivity contribution is 5.97. The Morgan fingerprint density at radius 2 is 1.93 bits per heavy atom. The second-order valence-corrected chi connectivity index (χ2v) is 7.00. The van der Waals surface area contributed by atoms with Gasteiger partial charge >= 0.3 is 0 Å². The van der Waals surface area contributed by atoms with Gasteiger partial charge in [0.1, 0.15) is 17.2 Å². The zero-order valence-corrected chi connectivity index (χ0v) is 16.3. The highest BCUT2D eigenvalue weighted by atomic mass is 16.1. The first-order chi connectivity index (χ1) is 13.9. The number of amides is 1. The van der Waals surface area contributed by atoms with Crippen LogP contribution >= 0.6 is 0 Å². The molecule has 0 bridgehead atoms. The Morgan fingerprint density at radius 3 is 2.59 bits per heavy atom. The second kappa shape index (κ2) is 7.31. The summed E-state index contributed by atoms with van der Waals surface area (Å²) in [6.45, 7) is 5.22. The Morgan fingerprint density at radius 1 is 1.10 bits per heavy atom. The summed E-state index contributed by atoms with van der Waals surface area (Å²) in [4.78, 5) is 35.6. The molecule has 8 nitrogen and oxygen atoms in total. The highest BCUT2D eigenvalue weighted by Crippen LogP contribution is 2.24. The molecular weight excluding hydrogens is 368 g/mol. The van der Waals surface area contributed by atoms with Gasteiger partial charge in [0.25, 0.3) is 0 Å². The fourth-order valence-electron chi connectivity index (χ4n) is 3.15. The third kappa shape index (κ3) is 3.77. The number of fused-ring (bicyclic) bond motifs is 1. The van der Waals surface area contributed by atoms with E-state index in [-0.39, 0.29) is 18.1 Å². The van der Waals surface area contributed by atoms with Crippen molar-refractivity contribution in [3.05, 3.63) is 59.2 Å². The number of carbonyl (C=O) groups excluding carboxylic acids is 2. The number of hydrogen-bond donors (Lipinski definition) is 3. The molecule has 1 amide bonds. The summed E-state index contributed by atoms with van der Waals surface area (Å²) in [6, 6.07) is 7.54. The number of nitrogens with one attached hydrogen (secondary N) is 3. The monoisotopic (exact) mass is 388 g/mol. The quantitative estimate of drug-likeness (QED) is 0.453. The summed E-state index contributed by atoms with van der Waals surface area (Å²) >= 11 is 0. The van der Waals surface area contributed by atoms with E-state index in [9.17, 15) is 9.59 Å². The molecule has 0 aliphatic rings. The first kappa shape index (κ1) is 18.5. The number of Topliss-reactive ketones (excluding diaryl/α,β-unsaturated/α-hetero) is 1. The van der Waals surface area contributed by atoms with Crippen molar-refractivity contribution in [2.45, 2.75) is 27.2 Å². The maximum atomic E-state index is 12.6. The van der Waals surface area contributed by atoms with E-state index in [1.54, 1.807) is 18.5 Å². The first-order valence-corrected chi connectivity index (χ1v) is 9.17. The van der Waals surface area contributed by atoms with E-state index < -0.39 is 0 Å². The zero-order chi connectivity index (χ0) is 20.5. The lowest BCUT2D eigenvalue weighted by Gasteiger charge is -2.02. The average Bonchev–Trinajstić information content (AvgIpc) is 3.25. The molecule has 0 aliphatic carbocycles. The first-order valence-electron chi connectivity index (χ1n) is 9.17. The summed E-state index contributed by atoms with van der Waals surface area (Å²) in [7, 11) is 0. The number of carbonyl (C=O) groups is 2. The minimum atomic E-state index is -0.165. The van der Waals surface area contributed by atoms with Gasteiger partial charge in [0.2, 0.25) is 5.91 Å². The van der Waals surface area contributed by atoms with E-state index >= 15 is 0 Å². The molecule has 0 fully saturated rings. The molecule has 4 rings (SSSR count). The number of rotatable bonds is 5. The molecule has 3 N–H and O–H groups in total. The van der Waals surface area contributed by atoms with Crippen LogP contribution in [0.15, 0.2) is 36.7 Å². The number of H-pyrrole nitrogens is 2. The SMILES string of the molecule is CC(=O)Nc1ccc(-c2cc3cc(CC(=O)c4n[nH]c(C)c4C)cnc3[nH]2)cn1. The Labute approximate surface area is 166 Å². The van der Waals surface area contributed by atoms with Gasteiger partial charge in [0.15, 0.2) is 5.78 Å². The van der Waals surface area contributed by atoms with Gasteiger partial charge in [0, 0.05) is 53.6 Å². The number of ketones is 1. The Bertz CT molecular complexity index is 1220. The van der Waals surface area contributed by atoms with Crippen LogP contribution in [0.3, 0.4) is 0 Å². The third-order valence-electron chi connectivity index (χ3n) is 4.79. The molecular formula is C21H20N6O2. The summed E-state index contributed by atoms with van der Waals surface area (Å²) < 4.78 is 0. The minimum Gasteiger partial charge on any atom is -0.339 e. The van der Waals surface area contributed by atoms with Crippen LogP contribution in [0, 0.1) is 13.8 Å². The molecule has 4 aromatic rings. The van der Waals surface area contributed by atoms with Crippen LogP contribution in [0.1, 0.15) is 34.2 Å². The predicted octanol–water partition coefficient (Wildman–Crippen LogP) is 3.35. The standard InChI is InChI=1S/C21H20N6O2/c1-11-12(2)26-27-20(11)18(29)7-14-6-16-8-17(25-21(16)23-9-14)15-4-5-19(22-10-15)24-13(3)28/h4-6,8-10H,7H2,1-3H3,(H,23,25)(H,26,27)(H,22,24,28). The summed E-state index contributed by atoms with van der Waals surface area (Å²) in [5.74, 6) is 0.295. The molecule has 8 heteroatoms. The lowest BCUT2D eigenvalue weighted by molar-refractivity contribution is -0.114. The van der Waals surface area contributed by atoms with Crippen molar-refractivity contribution in [3.8, 4) is 11.3 Å². The van der Waals surface area contributed by atoms with Crippen LogP contribution in [0.5, 0.6) is 0 Å². The van der Waals surface area contributed by atoms with E-state index in [0.29, 0.717) is 11.5 Å². The summed E-state index contributed by atoms with van der Waals surface area (Å²) in [5, 5.41) is 10.5. The summed E-state index contributed by atoms with van der Waals surface area (Å²) in [6.07, 6.45) is 3.62. The fraction of sp³-hybridized carbons (Fsp3) is 0.190. The Hall–Kier alpha value is -3.81. The van der Waals surface area contributed by atoms with Crippen LogP contribution in [-0.2, 0) is 11.2 Å². The number of aromatic amines is 2. The lowest BCUT2D eigenvalue weighted by Crippen LogP contribution is -2.06. The van der Waals surface area contributed by atoms with Crippen molar-refractivity contribution in [2.75, 3.05) is 5.32 Å². The van der Waals surface area contributed by atoms with Gasteiger partial charge in [-0.2, -0.15) is 5.10 Å². The molecule has 0 aliphatic heterocycles. The van der Waals surface area contributed by atoms with E-state index in [1.807, 2.05) is 32.0 Å². The van der Waals surface area contributed by atoms with E-state index in [1.165, 1.54) is 6.92 Å². The van der Waals surface area contributed by atoms with Crippen molar-refractivity contribution in [1.82, 2.24) is 25.1 Å². The molecule has 4 heterocycles. The van der Waals surface area contributed by atoms with Gasteiger partial charge in [-0.15, -0.1) is 0 Å². The maximum absolute atomic E-state index is 12.6. The molecule has 0 saturated heterocycles. The van der Waals surface area contributed by atoms with Crippen LogP contribution < -0.4 is 5.32 Å². The summed E-state index contributed by atoms with van der Waals surface area (Å²) in [5.41, 5.74) is 5.54. The fourth-order valence-corrected chi connectivity index (χ4v) is 3.15. The normalized spacial score (nSPS) is 11.0. The number of anilines is 1. The van der Waals surface area contributed by atoms with Crippen LogP contribution in [-0.4, -0.2) is 36.8 Å². The number of nitrogens with zero attached hydrogens (tertiary/aromatic N) is 3. The predicted molar refractivity (Wildman–Crippen MR) is 110 cm³/mol. The van der Waals surface area contributed by atoms with Gasteiger partial charge < -0.3 is 10.3 Å². The van der Waals surface area contributed by atoms with Crippen molar-refractivity contribution in [3.63, 3.8) is 0 Å². The largest absolute Gasteiger partial charge is 0.339 e. The van der Waals surface area contributed by atoms with Gasteiger partial charge in [-0.3, -0.25) is 14.7 Å². The molecule has 146 valence electrons. The molecule has 0 unspecified atom stereocenters. The maximum Gasteiger partial charge on any atom is 0.222 e. The zero-order valence-electron chi connectivity index (χ0n) is 16.3. The molecule has 0 atom stereocenters. The number of aryl methyl sites for hydroxylation is 1. The van der Waals surface area contributed by atoms with Gasteiger partial charge in [-0.25, -0.2) is 9.97 Å². The number of pyridine rings is 2. The van der Waals surface area contributed by atoms with E-state index in [0.717, 1.165) is 39.1 Å². The van der Waals surface area contributed by atoms with Gasteiger partial charge in [-0.1, -0.05) is 0 Å². The number of aromatic nitrogens is 5. The molecule has 29 heavy (non-hydrogen) atoms. The van der Waals surface area contributed by atoms with Crippen LogP contribution in [0.4, 0.5) is 5.82 Å². The Balaban J connectivity index is 1.57. The third-order valence-corrected chi connectivity index (χ3v) is 4.79. The Kier molecular flexibility index (Phi) is 4.67. The highest BCUT2D eigenvalue weighted by Gasteiger charge is 2.16. The van der Waals surface area contributed by atoms with Crippen LogP contribution in [0.25, 0.3) is 22.3 Å². The average molecular weight is 388 g/mol. The number of hydrogen-bond acceptors (Lipinski definition) is 5. The van der Waals surface area contributed by atoms with Crippen LogP contribution in [0.2, 0.25) is 0 Å². The smallest absolute Gasteiger partial charge is 0.222 e. The van der Waals surface area contributed by atoms with Crippen molar-refractivity contribution >= 4 is 28.5 Å². The molecule has 0 aromatic carbocycles. The van der Waals surface area contributed by atoms with Crippen molar-refractivity contribution in [2.24, 2.45) is 0 Å². The van der Waals surface area contributed by atoms with Crippen molar-refractivity contribution < 1.29 is 9.59 Å². The molecule has 0 radical (unpaired) electrons. The van der Waals surface area contributed by atoms with Gasteiger partial charge in [-0.05, 0) is 43.7 Å². The molecule has 0 saturated carbocycles. The minimum absolute atomic E-state index is 0.0403. The molecule has 4 aromatic heterocycles.